The lowest BCUT2D eigenvalue weighted by molar-refractivity contribution is -0.119. The first-order valence-electron chi connectivity index (χ1n) is 6.51. The Morgan fingerprint density at radius 3 is 2.62 bits per heavy atom. The Balaban J connectivity index is 2.58. The maximum atomic E-state index is 12.4. The number of hydrogen-bond acceptors (Lipinski definition) is 4. The van der Waals surface area contributed by atoms with Gasteiger partial charge in [0.2, 0.25) is 11.3 Å². The molecular formula is C14H16N4O3. The number of aromatic nitrogens is 2. The van der Waals surface area contributed by atoms with Gasteiger partial charge >= 0.3 is 0 Å². The van der Waals surface area contributed by atoms with Gasteiger partial charge in [0.15, 0.2) is 0 Å². The average molecular weight is 288 g/mol. The van der Waals surface area contributed by atoms with Crippen LogP contribution in [0.2, 0.25) is 0 Å². The van der Waals surface area contributed by atoms with Crippen molar-refractivity contribution in [2.24, 2.45) is 0 Å². The lowest BCUT2D eigenvalue weighted by Gasteiger charge is -2.11. The highest BCUT2D eigenvalue weighted by Gasteiger charge is 2.16. The van der Waals surface area contributed by atoms with Gasteiger partial charge in [-0.15, -0.1) is 0 Å². The van der Waals surface area contributed by atoms with Crippen LogP contribution in [0.15, 0.2) is 23.1 Å². The van der Waals surface area contributed by atoms with Gasteiger partial charge in [-0.1, -0.05) is 0 Å². The predicted octanol–water partition coefficient (Wildman–Crippen LogP) is 0.506. The van der Waals surface area contributed by atoms with E-state index in [-0.39, 0.29) is 5.56 Å². The smallest absolute Gasteiger partial charge is 0.275 e. The number of fused-ring (bicyclic) bond motifs is 1. The Hall–Kier alpha value is -2.70. The summed E-state index contributed by atoms with van der Waals surface area (Å²) in [5, 5.41) is 0.373. The third-order valence-electron chi connectivity index (χ3n) is 3.00. The van der Waals surface area contributed by atoms with Crippen LogP contribution in [-0.4, -0.2) is 21.4 Å². The van der Waals surface area contributed by atoms with Crippen molar-refractivity contribution in [3.8, 4) is 0 Å². The van der Waals surface area contributed by atoms with Crippen LogP contribution in [0.5, 0.6) is 0 Å². The standard InChI is InChI=1S/C14H16N4O3/c1-4-18-7-11(14(21)17-16-9(3)19)12(20)10-6-5-8(2)15-13(10)18/h5-7H,4H2,1-3H3,(H,16,19)(H,17,21). The van der Waals surface area contributed by atoms with E-state index in [0.717, 1.165) is 5.69 Å². The molecule has 7 heteroatoms. The predicted molar refractivity (Wildman–Crippen MR) is 77.7 cm³/mol. The molecule has 2 amide bonds. The lowest BCUT2D eigenvalue weighted by atomic mass is 10.1. The van der Waals surface area contributed by atoms with E-state index in [1.807, 2.05) is 13.8 Å². The van der Waals surface area contributed by atoms with Crippen molar-refractivity contribution in [3.63, 3.8) is 0 Å². The molecule has 2 rings (SSSR count). The SMILES string of the molecule is CCn1cc(C(=O)NNC(C)=O)c(=O)c2ccc(C)nc21. The molecule has 0 aliphatic heterocycles. The van der Waals surface area contributed by atoms with Gasteiger partial charge in [0.05, 0.1) is 5.39 Å². The van der Waals surface area contributed by atoms with Crippen molar-refractivity contribution >= 4 is 22.8 Å². The Morgan fingerprint density at radius 2 is 2.00 bits per heavy atom. The van der Waals surface area contributed by atoms with Crippen LogP contribution in [0.3, 0.4) is 0 Å². The first kappa shape index (κ1) is 14.7. The zero-order chi connectivity index (χ0) is 15.6. The van der Waals surface area contributed by atoms with Gasteiger partial charge < -0.3 is 4.57 Å². The van der Waals surface area contributed by atoms with E-state index in [1.54, 1.807) is 16.7 Å². The van der Waals surface area contributed by atoms with Gasteiger partial charge in [-0.25, -0.2) is 4.98 Å². The van der Waals surface area contributed by atoms with Crippen molar-refractivity contribution in [1.82, 2.24) is 20.4 Å². The largest absolute Gasteiger partial charge is 0.332 e. The molecule has 0 unspecified atom stereocenters. The molecular weight excluding hydrogens is 272 g/mol. The van der Waals surface area contributed by atoms with Crippen LogP contribution in [0.1, 0.15) is 29.9 Å². The fourth-order valence-corrected chi connectivity index (χ4v) is 1.97. The molecule has 0 bridgehead atoms. The van der Waals surface area contributed by atoms with Gasteiger partial charge in [-0.05, 0) is 26.0 Å². The van der Waals surface area contributed by atoms with E-state index in [9.17, 15) is 14.4 Å². The number of hydrogen-bond donors (Lipinski definition) is 2. The molecule has 0 saturated carbocycles. The average Bonchev–Trinajstić information content (AvgIpc) is 2.45. The summed E-state index contributed by atoms with van der Waals surface area (Å²) in [5.41, 5.74) is 5.24. The van der Waals surface area contributed by atoms with E-state index in [4.69, 9.17) is 0 Å². The first-order valence-corrected chi connectivity index (χ1v) is 6.51. The second-order valence-corrected chi connectivity index (χ2v) is 4.62. The number of pyridine rings is 2. The second kappa shape index (κ2) is 5.74. The van der Waals surface area contributed by atoms with Crippen molar-refractivity contribution in [1.29, 1.82) is 0 Å². The molecule has 0 spiro atoms. The summed E-state index contributed by atoms with van der Waals surface area (Å²) < 4.78 is 1.73. The highest BCUT2D eigenvalue weighted by Crippen LogP contribution is 2.10. The Labute approximate surface area is 121 Å². The number of nitrogens with zero attached hydrogens (tertiary/aromatic N) is 2. The molecule has 2 N–H and O–H groups in total. The topological polar surface area (TPSA) is 93.1 Å². The summed E-state index contributed by atoms with van der Waals surface area (Å²) in [4.78, 5) is 39.5. The molecule has 2 heterocycles. The van der Waals surface area contributed by atoms with Crippen LogP contribution in [-0.2, 0) is 11.3 Å². The summed E-state index contributed by atoms with van der Waals surface area (Å²) in [7, 11) is 0. The summed E-state index contributed by atoms with van der Waals surface area (Å²) in [6.45, 7) is 5.55. The molecule has 0 aliphatic carbocycles. The van der Waals surface area contributed by atoms with E-state index in [0.29, 0.717) is 17.6 Å². The van der Waals surface area contributed by atoms with Crippen molar-refractivity contribution in [3.05, 3.63) is 39.8 Å². The molecule has 0 atom stereocenters. The molecule has 2 aromatic rings. The zero-order valence-electron chi connectivity index (χ0n) is 12.1. The third-order valence-corrected chi connectivity index (χ3v) is 3.00. The van der Waals surface area contributed by atoms with E-state index in [1.165, 1.54) is 13.1 Å². The number of amides is 2. The summed E-state index contributed by atoms with van der Waals surface area (Å²) in [5.74, 6) is -1.07. The van der Waals surface area contributed by atoms with Gasteiger partial charge in [0, 0.05) is 25.4 Å². The Bertz CT molecular complexity index is 780. The molecule has 110 valence electrons. The monoisotopic (exact) mass is 288 g/mol. The minimum Gasteiger partial charge on any atom is -0.332 e. The van der Waals surface area contributed by atoms with E-state index in [2.05, 4.69) is 15.8 Å². The molecule has 0 aromatic carbocycles. The fraction of sp³-hybridized carbons (Fsp3) is 0.286. The number of nitrogens with one attached hydrogen (secondary N) is 2. The number of aryl methyl sites for hydroxylation is 2. The zero-order valence-corrected chi connectivity index (χ0v) is 12.1. The quantitative estimate of drug-likeness (QED) is 0.787. The fourth-order valence-electron chi connectivity index (χ4n) is 1.97. The van der Waals surface area contributed by atoms with Crippen LogP contribution < -0.4 is 16.3 Å². The van der Waals surface area contributed by atoms with E-state index < -0.39 is 17.2 Å². The first-order chi connectivity index (χ1) is 9.93. The summed E-state index contributed by atoms with van der Waals surface area (Å²) in [6, 6.07) is 3.38. The molecule has 0 aliphatic rings. The number of carbonyl (C=O) groups is 2. The van der Waals surface area contributed by atoms with Crippen LogP contribution in [0.4, 0.5) is 0 Å². The van der Waals surface area contributed by atoms with Crippen molar-refractivity contribution in [2.75, 3.05) is 0 Å². The van der Waals surface area contributed by atoms with Gasteiger partial charge in [0.25, 0.3) is 5.91 Å². The van der Waals surface area contributed by atoms with Crippen LogP contribution >= 0.6 is 0 Å². The molecule has 0 fully saturated rings. The normalized spacial score (nSPS) is 10.4. The molecule has 7 nitrogen and oxygen atoms in total. The number of hydrazine groups is 1. The Morgan fingerprint density at radius 1 is 1.29 bits per heavy atom. The number of rotatable bonds is 2. The minimum atomic E-state index is -0.653. The molecule has 21 heavy (non-hydrogen) atoms. The van der Waals surface area contributed by atoms with E-state index >= 15 is 0 Å². The molecule has 0 radical (unpaired) electrons. The van der Waals surface area contributed by atoms with Crippen LogP contribution in [0, 0.1) is 6.92 Å². The molecule has 2 aromatic heterocycles. The molecule has 0 saturated heterocycles. The maximum Gasteiger partial charge on any atom is 0.275 e. The van der Waals surface area contributed by atoms with Gasteiger partial charge in [-0.2, -0.15) is 0 Å². The van der Waals surface area contributed by atoms with Gasteiger partial charge in [-0.3, -0.25) is 25.2 Å². The summed E-state index contributed by atoms with van der Waals surface area (Å²) in [6.07, 6.45) is 1.45. The summed E-state index contributed by atoms with van der Waals surface area (Å²) >= 11 is 0. The highest BCUT2D eigenvalue weighted by molar-refractivity contribution is 5.97. The van der Waals surface area contributed by atoms with Crippen molar-refractivity contribution in [2.45, 2.75) is 27.3 Å². The maximum absolute atomic E-state index is 12.4. The highest BCUT2D eigenvalue weighted by atomic mass is 16.2. The van der Waals surface area contributed by atoms with Gasteiger partial charge in [0.1, 0.15) is 11.2 Å². The van der Waals surface area contributed by atoms with Crippen LogP contribution in [0.25, 0.3) is 11.0 Å². The van der Waals surface area contributed by atoms with Crippen molar-refractivity contribution < 1.29 is 9.59 Å². The second-order valence-electron chi connectivity index (χ2n) is 4.62. The number of carbonyl (C=O) groups excluding carboxylic acids is 2. The Kier molecular flexibility index (Phi) is 4.02. The lowest BCUT2D eigenvalue weighted by Crippen LogP contribution is -2.42. The third kappa shape index (κ3) is 2.91. The minimum absolute atomic E-state index is 0.0382.